The molecule has 4 rings (SSSR count). The number of ether oxygens (including phenoxy) is 1. The van der Waals surface area contributed by atoms with Gasteiger partial charge in [-0.1, -0.05) is 39.3 Å². The van der Waals surface area contributed by atoms with E-state index in [0.29, 0.717) is 29.5 Å². The Labute approximate surface area is 170 Å². The molecule has 0 saturated heterocycles. The third kappa shape index (κ3) is 2.53. The summed E-state index contributed by atoms with van der Waals surface area (Å²) in [6.07, 6.45) is 10.3. The van der Waals surface area contributed by atoms with Crippen LogP contribution in [0.15, 0.2) is 11.6 Å². The average Bonchev–Trinajstić information content (AvgIpc) is 2.83. The lowest BCUT2D eigenvalue weighted by Gasteiger charge is -2.59. The highest BCUT2D eigenvalue weighted by Gasteiger charge is 2.66. The van der Waals surface area contributed by atoms with Gasteiger partial charge in [-0.3, -0.25) is 9.59 Å². The van der Waals surface area contributed by atoms with Crippen molar-refractivity contribution in [2.75, 3.05) is 0 Å². The van der Waals surface area contributed by atoms with Crippen molar-refractivity contribution in [3.8, 4) is 0 Å². The van der Waals surface area contributed by atoms with E-state index in [1.807, 2.05) is 6.92 Å². The lowest BCUT2D eigenvalue weighted by atomic mass is 9.45. The Hall–Kier alpha value is -1.12. The molecule has 156 valence electrons. The minimum atomic E-state index is -0.180. The van der Waals surface area contributed by atoms with Crippen molar-refractivity contribution in [2.24, 2.45) is 39.9 Å². The SMILES string of the molecule is CC(=O)OC1CCC2(C)C(=CCC3C2CC[C@]2(C)C3C[C@@H](C)[C@]2(C)C(C)=O)C1. The maximum absolute atomic E-state index is 12.8. The maximum atomic E-state index is 12.8. The topological polar surface area (TPSA) is 43.4 Å². The summed E-state index contributed by atoms with van der Waals surface area (Å²) < 4.78 is 5.56. The average molecular weight is 387 g/mol. The number of carbonyl (C=O) groups excluding carboxylic acids is 2. The smallest absolute Gasteiger partial charge is 0.302 e. The molecule has 28 heavy (non-hydrogen) atoms. The summed E-state index contributed by atoms with van der Waals surface area (Å²) >= 11 is 0. The first-order chi connectivity index (χ1) is 13.0. The van der Waals surface area contributed by atoms with Gasteiger partial charge in [0.1, 0.15) is 11.9 Å². The van der Waals surface area contributed by atoms with E-state index in [4.69, 9.17) is 4.74 Å². The van der Waals surface area contributed by atoms with E-state index < -0.39 is 0 Å². The van der Waals surface area contributed by atoms with Gasteiger partial charge in [0.2, 0.25) is 0 Å². The van der Waals surface area contributed by atoms with E-state index in [-0.39, 0.29) is 28.3 Å². The number of carbonyl (C=O) groups is 2. The number of Topliss-reactive ketones (excluding diaryl/α,β-unsaturated/α-hetero) is 1. The van der Waals surface area contributed by atoms with Crippen molar-refractivity contribution in [3.63, 3.8) is 0 Å². The van der Waals surface area contributed by atoms with E-state index in [1.54, 1.807) is 0 Å². The van der Waals surface area contributed by atoms with Crippen LogP contribution in [-0.2, 0) is 14.3 Å². The number of esters is 1. The number of ketones is 1. The van der Waals surface area contributed by atoms with Gasteiger partial charge < -0.3 is 4.74 Å². The molecule has 0 aromatic heterocycles. The lowest BCUT2D eigenvalue weighted by molar-refractivity contribution is -0.150. The normalized spacial score (nSPS) is 50.1. The summed E-state index contributed by atoms with van der Waals surface area (Å²) in [5.41, 5.74) is 1.74. The first-order valence-corrected chi connectivity index (χ1v) is 11.4. The zero-order valence-electron chi connectivity index (χ0n) is 18.6. The summed E-state index contributed by atoms with van der Waals surface area (Å²) in [5.74, 6) is 2.77. The molecular formula is C25H38O3. The number of hydrogen-bond acceptors (Lipinski definition) is 3. The fourth-order valence-electron chi connectivity index (χ4n) is 8.29. The van der Waals surface area contributed by atoms with Crippen LogP contribution in [0.2, 0.25) is 0 Å². The lowest BCUT2D eigenvalue weighted by Crippen LogP contribution is -2.53. The van der Waals surface area contributed by atoms with Gasteiger partial charge in [0, 0.05) is 18.8 Å². The number of allylic oxidation sites excluding steroid dienone is 1. The second-order valence-corrected chi connectivity index (χ2v) is 11.1. The molecule has 4 aliphatic rings. The third-order valence-corrected chi connectivity index (χ3v) is 10.3. The van der Waals surface area contributed by atoms with Crippen LogP contribution in [0.3, 0.4) is 0 Å². The Morgan fingerprint density at radius 1 is 1.07 bits per heavy atom. The molecule has 0 N–H and O–H groups in total. The van der Waals surface area contributed by atoms with E-state index in [2.05, 4.69) is 33.8 Å². The van der Waals surface area contributed by atoms with Crippen LogP contribution in [0.25, 0.3) is 0 Å². The van der Waals surface area contributed by atoms with Crippen molar-refractivity contribution in [3.05, 3.63) is 11.6 Å². The van der Waals surface area contributed by atoms with Crippen molar-refractivity contribution in [1.29, 1.82) is 0 Å². The Bertz CT molecular complexity index is 723. The molecule has 3 heteroatoms. The molecule has 8 atom stereocenters. The maximum Gasteiger partial charge on any atom is 0.302 e. The van der Waals surface area contributed by atoms with Gasteiger partial charge in [0.05, 0.1) is 0 Å². The van der Waals surface area contributed by atoms with Gasteiger partial charge in [0.15, 0.2) is 0 Å². The largest absolute Gasteiger partial charge is 0.462 e. The highest BCUT2D eigenvalue weighted by atomic mass is 16.5. The molecule has 0 spiro atoms. The predicted octanol–water partition coefficient (Wildman–Crippen LogP) is 5.72. The first-order valence-electron chi connectivity index (χ1n) is 11.4. The number of fused-ring (bicyclic) bond motifs is 5. The molecule has 0 aromatic rings. The molecule has 0 amide bonds. The van der Waals surface area contributed by atoms with E-state index >= 15 is 0 Å². The van der Waals surface area contributed by atoms with Gasteiger partial charge in [-0.15, -0.1) is 0 Å². The third-order valence-electron chi connectivity index (χ3n) is 10.3. The van der Waals surface area contributed by atoms with Crippen LogP contribution in [-0.4, -0.2) is 17.9 Å². The second kappa shape index (κ2) is 6.44. The van der Waals surface area contributed by atoms with Crippen molar-refractivity contribution < 1.29 is 14.3 Å². The highest BCUT2D eigenvalue weighted by molar-refractivity contribution is 5.83. The summed E-state index contributed by atoms with van der Waals surface area (Å²) in [6.45, 7) is 12.8. The van der Waals surface area contributed by atoms with Crippen molar-refractivity contribution in [1.82, 2.24) is 0 Å². The van der Waals surface area contributed by atoms with Gasteiger partial charge >= 0.3 is 5.97 Å². The molecule has 0 aliphatic heterocycles. The van der Waals surface area contributed by atoms with E-state index in [9.17, 15) is 9.59 Å². The molecule has 0 aromatic carbocycles. The van der Waals surface area contributed by atoms with Crippen LogP contribution in [0.4, 0.5) is 0 Å². The minimum Gasteiger partial charge on any atom is -0.462 e. The Morgan fingerprint density at radius 2 is 1.79 bits per heavy atom. The second-order valence-electron chi connectivity index (χ2n) is 11.1. The van der Waals surface area contributed by atoms with Gasteiger partial charge in [-0.25, -0.2) is 0 Å². The van der Waals surface area contributed by atoms with Crippen LogP contribution in [0.5, 0.6) is 0 Å². The molecule has 3 saturated carbocycles. The Kier molecular flexibility index (Phi) is 4.64. The van der Waals surface area contributed by atoms with Crippen LogP contribution < -0.4 is 0 Å². The predicted molar refractivity (Wildman–Crippen MR) is 111 cm³/mol. The van der Waals surface area contributed by atoms with Gasteiger partial charge in [-0.05, 0) is 80.0 Å². The fourth-order valence-corrected chi connectivity index (χ4v) is 8.29. The summed E-state index contributed by atoms with van der Waals surface area (Å²) in [7, 11) is 0. The van der Waals surface area contributed by atoms with Gasteiger partial charge in [-0.2, -0.15) is 0 Å². The summed E-state index contributed by atoms with van der Waals surface area (Å²) in [6, 6.07) is 0. The van der Waals surface area contributed by atoms with Crippen LogP contribution >= 0.6 is 0 Å². The number of hydrogen-bond donors (Lipinski definition) is 0. The van der Waals surface area contributed by atoms with Crippen molar-refractivity contribution >= 4 is 11.8 Å². The monoisotopic (exact) mass is 386 g/mol. The standard InChI is InChI=1S/C25H38O3/c1-15-13-22-20-8-7-18-14-19(28-17(3)27)9-11-23(18,4)21(20)10-12-24(22,5)25(15,6)16(2)26/h7,15,19-22H,8-14H2,1-6H3/t15-,19?,20?,21?,22?,23?,24-,25-/m1/s1. The van der Waals surface area contributed by atoms with E-state index in [1.165, 1.54) is 31.8 Å². The highest BCUT2D eigenvalue weighted by Crippen LogP contribution is 2.71. The Balaban J connectivity index is 1.64. The molecular weight excluding hydrogens is 348 g/mol. The van der Waals surface area contributed by atoms with Crippen LogP contribution in [0.1, 0.15) is 86.5 Å². The minimum absolute atomic E-state index is 0.0646. The molecule has 3 nitrogen and oxygen atoms in total. The summed E-state index contributed by atoms with van der Waals surface area (Å²) in [4.78, 5) is 24.2. The molecule has 5 unspecified atom stereocenters. The van der Waals surface area contributed by atoms with Crippen molar-refractivity contribution in [2.45, 2.75) is 92.6 Å². The quantitative estimate of drug-likeness (QED) is 0.450. The van der Waals surface area contributed by atoms with Crippen LogP contribution in [0, 0.1) is 39.9 Å². The number of rotatable bonds is 2. The first kappa shape index (κ1) is 20.2. The van der Waals surface area contributed by atoms with Gasteiger partial charge in [0.25, 0.3) is 0 Å². The molecule has 3 fully saturated rings. The molecule has 0 bridgehead atoms. The zero-order chi connectivity index (χ0) is 20.5. The molecule has 4 aliphatic carbocycles. The molecule has 0 radical (unpaired) electrons. The Morgan fingerprint density at radius 3 is 2.43 bits per heavy atom. The molecule has 0 heterocycles. The summed E-state index contributed by atoms with van der Waals surface area (Å²) in [5, 5.41) is 0. The zero-order valence-corrected chi connectivity index (χ0v) is 18.6. The fraction of sp³-hybridized carbons (Fsp3) is 0.840. The van der Waals surface area contributed by atoms with E-state index in [0.717, 1.165) is 25.7 Å².